The van der Waals surface area contributed by atoms with Gasteiger partial charge in [0.2, 0.25) is 5.91 Å². The minimum Gasteiger partial charge on any atom is -0.369 e. The number of hydrogen-bond donors (Lipinski definition) is 3. The average molecular weight is 411 g/mol. The third-order valence-corrected chi connectivity index (χ3v) is 5.36. The molecule has 0 aliphatic heterocycles. The first-order valence-corrected chi connectivity index (χ1v) is 10.5. The summed E-state index contributed by atoms with van der Waals surface area (Å²) in [6.45, 7) is 2.65. The first kappa shape index (κ1) is 20.4. The van der Waals surface area contributed by atoms with E-state index in [0.717, 1.165) is 34.4 Å². The number of carbonyl (C=O) groups excluding carboxylic acids is 1. The van der Waals surface area contributed by atoms with Crippen molar-refractivity contribution >= 4 is 11.9 Å². The number of carbonyl (C=O) groups is 1. The molecule has 0 unspecified atom stereocenters. The largest absolute Gasteiger partial charge is 0.369 e. The van der Waals surface area contributed by atoms with Crippen LogP contribution in [-0.2, 0) is 24.2 Å². The summed E-state index contributed by atoms with van der Waals surface area (Å²) >= 11 is 0. The van der Waals surface area contributed by atoms with Gasteiger partial charge < -0.3 is 16.0 Å². The molecular formula is C26H26N4O. The van der Waals surface area contributed by atoms with Crippen molar-refractivity contribution in [3.8, 4) is 22.4 Å². The van der Waals surface area contributed by atoms with Crippen LogP contribution in [0.1, 0.15) is 23.6 Å². The number of aromatic amines is 1. The molecule has 1 heterocycles. The number of H-pyrrole nitrogens is 1. The Morgan fingerprint density at radius 1 is 0.839 bits per heavy atom. The van der Waals surface area contributed by atoms with Gasteiger partial charge in [-0.15, -0.1) is 0 Å². The molecule has 4 N–H and O–H groups in total. The van der Waals surface area contributed by atoms with Gasteiger partial charge in [0, 0.05) is 6.54 Å². The number of amides is 1. The normalized spacial score (nSPS) is 10.7. The van der Waals surface area contributed by atoms with E-state index < -0.39 is 0 Å². The molecule has 0 aliphatic rings. The molecule has 5 heteroatoms. The third-order valence-electron chi connectivity index (χ3n) is 5.36. The van der Waals surface area contributed by atoms with Crippen LogP contribution in [0.5, 0.6) is 0 Å². The monoisotopic (exact) mass is 410 g/mol. The molecule has 0 spiro atoms. The van der Waals surface area contributed by atoms with Gasteiger partial charge in [0.1, 0.15) is 0 Å². The summed E-state index contributed by atoms with van der Waals surface area (Å²) in [6.07, 6.45) is 3.11. The van der Waals surface area contributed by atoms with Crippen LogP contribution in [0.4, 0.5) is 5.95 Å². The molecule has 5 nitrogen and oxygen atoms in total. The van der Waals surface area contributed by atoms with Gasteiger partial charge in [-0.2, -0.15) is 0 Å². The summed E-state index contributed by atoms with van der Waals surface area (Å²) < 4.78 is 0. The van der Waals surface area contributed by atoms with Crippen molar-refractivity contribution in [3.05, 3.63) is 95.7 Å². The number of anilines is 1. The summed E-state index contributed by atoms with van der Waals surface area (Å²) in [4.78, 5) is 19.4. The number of imidazole rings is 1. The van der Waals surface area contributed by atoms with E-state index >= 15 is 0 Å². The van der Waals surface area contributed by atoms with Crippen molar-refractivity contribution in [1.82, 2.24) is 15.3 Å². The first-order chi connectivity index (χ1) is 15.1. The van der Waals surface area contributed by atoms with Crippen molar-refractivity contribution < 1.29 is 4.79 Å². The Kier molecular flexibility index (Phi) is 6.13. The van der Waals surface area contributed by atoms with Gasteiger partial charge in [-0.3, -0.25) is 4.79 Å². The molecule has 0 aliphatic carbocycles. The van der Waals surface area contributed by atoms with Crippen molar-refractivity contribution in [2.24, 2.45) is 0 Å². The zero-order chi connectivity index (χ0) is 21.6. The zero-order valence-corrected chi connectivity index (χ0v) is 17.6. The molecule has 0 bridgehead atoms. The van der Waals surface area contributed by atoms with Gasteiger partial charge in [0.25, 0.3) is 0 Å². The Morgan fingerprint density at radius 3 is 1.94 bits per heavy atom. The minimum absolute atomic E-state index is 0.00506. The number of aryl methyl sites for hydroxylation is 1. The number of nitrogens with zero attached hydrogens (tertiary/aromatic N) is 1. The van der Waals surface area contributed by atoms with Crippen LogP contribution < -0.4 is 11.1 Å². The number of hydrogen-bond acceptors (Lipinski definition) is 3. The van der Waals surface area contributed by atoms with Crippen molar-refractivity contribution in [1.29, 1.82) is 0 Å². The SMILES string of the molecule is CCc1ccc(-c2ccc(CC(=O)NCc3ccc(-c4cnc(N)[nH]4)cc3)cc2)cc1. The van der Waals surface area contributed by atoms with E-state index in [1.807, 2.05) is 36.4 Å². The molecule has 0 saturated heterocycles. The number of nitrogen functional groups attached to an aromatic ring is 1. The predicted molar refractivity (Wildman–Crippen MR) is 125 cm³/mol. The van der Waals surface area contributed by atoms with Gasteiger partial charge in [0.05, 0.1) is 18.3 Å². The van der Waals surface area contributed by atoms with E-state index in [0.29, 0.717) is 18.9 Å². The quantitative estimate of drug-likeness (QED) is 0.411. The number of benzene rings is 3. The highest BCUT2D eigenvalue weighted by molar-refractivity contribution is 5.79. The maximum atomic E-state index is 12.4. The second-order valence-corrected chi connectivity index (χ2v) is 7.58. The standard InChI is InChI=1S/C26H26N4O/c1-2-18-3-9-21(10-4-18)22-11-5-19(6-12-22)15-25(31)28-16-20-7-13-23(14-8-20)24-17-29-26(27)30-24/h3-14,17H,2,15-16H2,1H3,(H,28,31)(H3,27,29,30). The highest BCUT2D eigenvalue weighted by atomic mass is 16.1. The lowest BCUT2D eigenvalue weighted by atomic mass is 10.0. The van der Waals surface area contributed by atoms with Gasteiger partial charge in [-0.25, -0.2) is 4.98 Å². The molecule has 3 aromatic carbocycles. The summed E-state index contributed by atoms with van der Waals surface area (Å²) in [6, 6.07) is 24.8. The van der Waals surface area contributed by atoms with Crippen LogP contribution in [0.15, 0.2) is 79.0 Å². The van der Waals surface area contributed by atoms with Crippen molar-refractivity contribution in [2.75, 3.05) is 5.73 Å². The fourth-order valence-corrected chi connectivity index (χ4v) is 3.48. The maximum Gasteiger partial charge on any atom is 0.224 e. The molecule has 0 atom stereocenters. The fraction of sp³-hybridized carbons (Fsp3) is 0.154. The number of rotatable bonds is 7. The summed E-state index contributed by atoms with van der Waals surface area (Å²) in [7, 11) is 0. The Labute approximate surface area is 182 Å². The van der Waals surface area contributed by atoms with Crippen LogP contribution in [0.25, 0.3) is 22.4 Å². The topological polar surface area (TPSA) is 83.8 Å². The van der Waals surface area contributed by atoms with Crippen LogP contribution in [-0.4, -0.2) is 15.9 Å². The Bertz CT molecular complexity index is 1140. The van der Waals surface area contributed by atoms with Crippen molar-refractivity contribution in [3.63, 3.8) is 0 Å². The summed E-state index contributed by atoms with van der Waals surface area (Å²) in [5, 5.41) is 2.99. The lowest BCUT2D eigenvalue weighted by molar-refractivity contribution is -0.120. The number of aromatic nitrogens is 2. The molecule has 4 aromatic rings. The average Bonchev–Trinajstić information content (AvgIpc) is 3.25. The third kappa shape index (κ3) is 5.20. The molecule has 156 valence electrons. The van der Waals surface area contributed by atoms with Crippen LogP contribution in [0, 0.1) is 0 Å². The molecule has 1 aromatic heterocycles. The molecule has 0 saturated carbocycles. The summed E-state index contributed by atoms with van der Waals surface area (Å²) in [5.41, 5.74) is 13.2. The van der Waals surface area contributed by atoms with Gasteiger partial charge >= 0.3 is 0 Å². The van der Waals surface area contributed by atoms with Gasteiger partial charge in [-0.05, 0) is 39.8 Å². The molecule has 0 fully saturated rings. The Balaban J connectivity index is 1.30. The van der Waals surface area contributed by atoms with E-state index in [2.05, 4.69) is 58.6 Å². The molecular weight excluding hydrogens is 384 g/mol. The smallest absolute Gasteiger partial charge is 0.224 e. The van der Waals surface area contributed by atoms with E-state index in [1.54, 1.807) is 6.20 Å². The lowest BCUT2D eigenvalue weighted by Gasteiger charge is -2.08. The van der Waals surface area contributed by atoms with Crippen LogP contribution >= 0.6 is 0 Å². The molecule has 1 amide bonds. The highest BCUT2D eigenvalue weighted by Gasteiger charge is 2.06. The number of nitrogens with one attached hydrogen (secondary N) is 2. The Morgan fingerprint density at radius 2 is 1.39 bits per heavy atom. The van der Waals surface area contributed by atoms with Crippen LogP contribution in [0.2, 0.25) is 0 Å². The predicted octanol–water partition coefficient (Wildman–Crippen LogP) is 4.75. The maximum absolute atomic E-state index is 12.4. The van der Waals surface area contributed by atoms with Gasteiger partial charge in [-0.1, -0.05) is 79.7 Å². The first-order valence-electron chi connectivity index (χ1n) is 10.5. The molecule has 4 rings (SSSR count). The van der Waals surface area contributed by atoms with Gasteiger partial charge in [0.15, 0.2) is 5.95 Å². The number of nitrogens with two attached hydrogens (primary N) is 1. The minimum atomic E-state index is 0.00506. The highest BCUT2D eigenvalue weighted by Crippen LogP contribution is 2.21. The molecule has 0 radical (unpaired) electrons. The van der Waals surface area contributed by atoms with E-state index in [1.165, 1.54) is 11.1 Å². The van der Waals surface area contributed by atoms with Crippen LogP contribution in [0.3, 0.4) is 0 Å². The Hall–Kier alpha value is -3.86. The zero-order valence-electron chi connectivity index (χ0n) is 17.6. The second-order valence-electron chi connectivity index (χ2n) is 7.58. The fourth-order valence-electron chi connectivity index (χ4n) is 3.48. The van der Waals surface area contributed by atoms with E-state index in [-0.39, 0.29) is 5.91 Å². The second kappa shape index (κ2) is 9.30. The lowest BCUT2D eigenvalue weighted by Crippen LogP contribution is -2.24. The van der Waals surface area contributed by atoms with Crippen molar-refractivity contribution in [2.45, 2.75) is 26.3 Å². The van der Waals surface area contributed by atoms with E-state index in [4.69, 9.17) is 5.73 Å². The molecule has 31 heavy (non-hydrogen) atoms. The summed E-state index contributed by atoms with van der Waals surface area (Å²) in [5.74, 6) is 0.402. The van der Waals surface area contributed by atoms with E-state index in [9.17, 15) is 4.79 Å².